The number of nitrogens with two attached hydrogens (primary N) is 1. The first-order chi connectivity index (χ1) is 8.91. The normalized spacial score (nSPS) is 12.5. The molecular weight excluding hydrogens is 268 g/mol. The third-order valence-electron chi connectivity index (χ3n) is 3.26. The van der Waals surface area contributed by atoms with Crippen LogP contribution in [0.2, 0.25) is 5.02 Å². The summed E-state index contributed by atoms with van der Waals surface area (Å²) >= 11 is 6.14. The van der Waals surface area contributed by atoms with Gasteiger partial charge in [0.25, 0.3) is 0 Å². The fourth-order valence-corrected chi connectivity index (χ4v) is 2.31. The molecule has 0 aliphatic rings. The average molecular weight is 282 g/mol. The van der Waals surface area contributed by atoms with Crippen LogP contribution in [0.4, 0.5) is 8.78 Å². The Hall–Kier alpha value is -1.45. The molecule has 0 aliphatic heterocycles. The van der Waals surface area contributed by atoms with Crippen LogP contribution >= 0.6 is 11.6 Å². The van der Waals surface area contributed by atoms with E-state index in [0.29, 0.717) is 10.6 Å². The predicted octanol–water partition coefficient (Wildman–Crippen LogP) is 4.28. The summed E-state index contributed by atoms with van der Waals surface area (Å²) in [6, 6.07) is 6.77. The fraction of sp³-hybridized carbons (Fsp3) is 0.200. The molecule has 0 radical (unpaired) electrons. The van der Waals surface area contributed by atoms with Gasteiger partial charge in [0.15, 0.2) is 11.6 Å². The molecule has 1 nitrogen and oxygen atoms in total. The molecular formula is C15H14ClF2N. The van der Waals surface area contributed by atoms with Crippen molar-refractivity contribution in [2.24, 2.45) is 5.73 Å². The van der Waals surface area contributed by atoms with Gasteiger partial charge in [-0.25, -0.2) is 8.78 Å². The van der Waals surface area contributed by atoms with E-state index in [1.807, 2.05) is 19.9 Å². The summed E-state index contributed by atoms with van der Waals surface area (Å²) in [5, 5.41) is 0.458. The molecule has 2 aromatic carbocycles. The third kappa shape index (κ3) is 2.62. The van der Waals surface area contributed by atoms with Crippen molar-refractivity contribution in [1.29, 1.82) is 0 Å². The highest BCUT2D eigenvalue weighted by Crippen LogP contribution is 2.30. The molecule has 4 heteroatoms. The lowest BCUT2D eigenvalue weighted by atomic mass is 9.96. The Morgan fingerprint density at radius 2 is 1.68 bits per heavy atom. The molecule has 100 valence electrons. The first-order valence-electron chi connectivity index (χ1n) is 5.88. The Morgan fingerprint density at radius 1 is 1.05 bits per heavy atom. The van der Waals surface area contributed by atoms with Gasteiger partial charge in [0.1, 0.15) is 0 Å². The number of hydrogen-bond acceptors (Lipinski definition) is 1. The van der Waals surface area contributed by atoms with Gasteiger partial charge < -0.3 is 5.73 Å². The summed E-state index contributed by atoms with van der Waals surface area (Å²) in [6.07, 6.45) is 0. The largest absolute Gasteiger partial charge is 0.320 e. The Kier molecular flexibility index (Phi) is 3.88. The molecule has 0 aliphatic carbocycles. The highest BCUT2D eigenvalue weighted by Gasteiger charge is 2.19. The second-order valence-electron chi connectivity index (χ2n) is 4.58. The molecule has 2 aromatic rings. The molecule has 19 heavy (non-hydrogen) atoms. The highest BCUT2D eigenvalue weighted by molar-refractivity contribution is 6.31. The van der Waals surface area contributed by atoms with Gasteiger partial charge in [-0.3, -0.25) is 0 Å². The van der Waals surface area contributed by atoms with Crippen molar-refractivity contribution in [3.8, 4) is 0 Å². The van der Waals surface area contributed by atoms with E-state index in [9.17, 15) is 8.78 Å². The van der Waals surface area contributed by atoms with Crippen LogP contribution in [0, 0.1) is 25.5 Å². The summed E-state index contributed by atoms with van der Waals surface area (Å²) < 4.78 is 27.0. The smallest absolute Gasteiger partial charge is 0.163 e. The lowest BCUT2D eigenvalue weighted by Crippen LogP contribution is -2.15. The van der Waals surface area contributed by atoms with Crippen LogP contribution in [0.3, 0.4) is 0 Å². The molecule has 0 heterocycles. The van der Waals surface area contributed by atoms with Crippen molar-refractivity contribution in [2.45, 2.75) is 19.9 Å². The van der Waals surface area contributed by atoms with Gasteiger partial charge in [-0.2, -0.15) is 0 Å². The standard InChI is InChI=1S/C15H14ClF2N/c1-8-6-11(12(16)7-9(8)2)15(19)10-4-3-5-13(17)14(10)18/h3-7,15H,19H2,1-2H3. The maximum Gasteiger partial charge on any atom is 0.163 e. The number of benzene rings is 2. The van der Waals surface area contributed by atoms with Crippen molar-refractivity contribution in [1.82, 2.24) is 0 Å². The van der Waals surface area contributed by atoms with Crippen LogP contribution in [0.1, 0.15) is 28.3 Å². The SMILES string of the molecule is Cc1cc(Cl)c(C(N)c2cccc(F)c2F)cc1C. The summed E-state index contributed by atoms with van der Waals surface area (Å²) in [6.45, 7) is 3.85. The Morgan fingerprint density at radius 3 is 2.37 bits per heavy atom. The predicted molar refractivity (Wildman–Crippen MR) is 73.3 cm³/mol. The van der Waals surface area contributed by atoms with Gasteiger partial charge >= 0.3 is 0 Å². The Bertz CT molecular complexity index is 626. The molecule has 1 atom stereocenters. The summed E-state index contributed by atoms with van der Waals surface area (Å²) in [4.78, 5) is 0. The van der Waals surface area contributed by atoms with Crippen LogP contribution in [0.15, 0.2) is 30.3 Å². The number of rotatable bonds is 2. The van der Waals surface area contributed by atoms with Gasteiger partial charge in [0, 0.05) is 10.6 Å². The molecule has 0 saturated carbocycles. The third-order valence-corrected chi connectivity index (χ3v) is 3.59. The zero-order valence-corrected chi connectivity index (χ0v) is 11.4. The molecule has 0 amide bonds. The van der Waals surface area contributed by atoms with Crippen molar-refractivity contribution in [2.75, 3.05) is 0 Å². The minimum Gasteiger partial charge on any atom is -0.320 e. The van der Waals surface area contributed by atoms with Crippen molar-refractivity contribution in [3.63, 3.8) is 0 Å². The molecule has 0 saturated heterocycles. The van der Waals surface area contributed by atoms with E-state index >= 15 is 0 Å². The number of halogens is 3. The maximum absolute atomic E-state index is 13.8. The molecule has 2 N–H and O–H groups in total. The maximum atomic E-state index is 13.8. The highest BCUT2D eigenvalue weighted by atomic mass is 35.5. The van der Waals surface area contributed by atoms with Crippen LogP contribution in [0.5, 0.6) is 0 Å². The monoisotopic (exact) mass is 281 g/mol. The topological polar surface area (TPSA) is 26.0 Å². The molecule has 2 rings (SSSR count). The summed E-state index contributed by atoms with van der Waals surface area (Å²) in [5.41, 5.74) is 8.74. The van der Waals surface area contributed by atoms with Crippen molar-refractivity contribution in [3.05, 3.63) is 69.2 Å². The zero-order valence-electron chi connectivity index (χ0n) is 10.7. The fourth-order valence-electron chi connectivity index (χ4n) is 1.97. The van der Waals surface area contributed by atoms with E-state index in [2.05, 4.69) is 0 Å². The first-order valence-corrected chi connectivity index (χ1v) is 6.25. The number of aryl methyl sites for hydroxylation is 2. The Labute approximate surface area is 116 Å². The summed E-state index contributed by atoms with van der Waals surface area (Å²) in [5.74, 6) is -1.84. The summed E-state index contributed by atoms with van der Waals surface area (Å²) in [7, 11) is 0. The van der Waals surface area contributed by atoms with Gasteiger partial charge in [0.2, 0.25) is 0 Å². The van der Waals surface area contributed by atoms with E-state index in [4.69, 9.17) is 17.3 Å². The Balaban J connectivity index is 2.53. The van der Waals surface area contributed by atoms with E-state index in [0.717, 1.165) is 17.2 Å². The van der Waals surface area contributed by atoms with Crippen LogP contribution in [-0.2, 0) is 0 Å². The van der Waals surface area contributed by atoms with E-state index in [1.165, 1.54) is 12.1 Å². The quantitative estimate of drug-likeness (QED) is 0.873. The molecule has 0 aromatic heterocycles. The van der Waals surface area contributed by atoms with E-state index in [1.54, 1.807) is 6.07 Å². The molecule has 0 spiro atoms. The first kappa shape index (κ1) is 14.0. The molecule has 1 unspecified atom stereocenters. The minimum absolute atomic E-state index is 0.102. The van der Waals surface area contributed by atoms with Crippen LogP contribution < -0.4 is 5.73 Å². The lowest BCUT2D eigenvalue weighted by Gasteiger charge is -2.17. The molecule has 0 fully saturated rings. The average Bonchev–Trinajstić information content (AvgIpc) is 2.36. The lowest BCUT2D eigenvalue weighted by molar-refractivity contribution is 0.494. The molecule has 0 bridgehead atoms. The van der Waals surface area contributed by atoms with E-state index < -0.39 is 17.7 Å². The van der Waals surface area contributed by atoms with Crippen LogP contribution in [-0.4, -0.2) is 0 Å². The van der Waals surface area contributed by atoms with Gasteiger partial charge in [-0.1, -0.05) is 29.8 Å². The second-order valence-corrected chi connectivity index (χ2v) is 4.99. The zero-order chi connectivity index (χ0) is 14.2. The van der Waals surface area contributed by atoms with Crippen molar-refractivity contribution < 1.29 is 8.78 Å². The second kappa shape index (κ2) is 5.27. The van der Waals surface area contributed by atoms with Crippen LogP contribution in [0.25, 0.3) is 0 Å². The van der Waals surface area contributed by atoms with Gasteiger partial charge in [-0.15, -0.1) is 0 Å². The van der Waals surface area contributed by atoms with Gasteiger partial charge in [-0.05, 0) is 42.7 Å². The van der Waals surface area contributed by atoms with Gasteiger partial charge in [0.05, 0.1) is 6.04 Å². The van der Waals surface area contributed by atoms with Crippen molar-refractivity contribution >= 4 is 11.6 Å². The van der Waals surface area contributed by atoms with E-state index in [-0.39, 0.29) is 5.56 Å². The number of hydrogen-bond donors (Lipinski definition) is 1. The minimum atomic E-state index is -0.927.